The van der Waals surface area contributed by atoms with E-state index in [1.807, 2.05) is 4.90 Å². The maximum absolute atomic E-state index is 12.2. The topological polar surface area (TPSA) is 29.5 Å². The van der Waals surface area contributed by atoms with Crippen molar-refractivity contribution in [2.45, 2.75) is 32.1 Å². The monoisotopic (exact) mass is 241 g/mol. The molecule has 1 aliphatic carbocycles. The Hall–Kier alpha value is -0.480. The molecular weight excluding hydrogens is 222 g/mol. The zero-order chi connectivity index (χ0) is 11.4. The second kappa shape index (κ2) is 5.73. The first kappa shape index (κ1) is 12.0. The number of rotatable bonds is 2. The van der Waals surface area contributed by atoms with Crippen molar-refractivity contribution in [1.82, 2.24) is 4.90 Å². The number of nitrogens with zero attached hydrogens (tertiary/aromatic N) is 1. The molecule has 0 radical (unpaired) electrons. The summed E-state index contributed by atoms with van der Waals surface area (Å²) in [6.45, 7) is 2.94. The fourth-order valence-corrected chi connectivity index (χ4v) is 2.81. The van der Waals surface area contributed by atoms with Crippen LogP contribution in [-0.2, 0) is 9.53 Å². The van der Waals surface area contributed by atoms with Crippen molar-refractivity contribution in [2.24, 2.45) is 5.92 Å². The molecule has 0 unspecified atom stereocenters. The normalized spacial score (nSPS) is 23.1. The van der Waals surface area contributed by atoms with Gasteiger partial charge in [-0.1, -0.05) is 31.5 Å². The van der Waals surface area contributed by atoms with Crippen LogP contribution >= 0.6 is 12.2 Å². The smallest absolute Gasteiger partial charge is 0.193 e. The van der Waals surface area contributed by atoms with Gasteiger partial charge in [0.2, 0.25) is 0 Å². The molecule has 90 valence electrons. The Bertz CT molecular complexity index is 240. The minimum absolute atomic E-state index is 0.198. The number of ether oxygens (including phenoxy) is 1. The number of carbonyl (C=O) groups is 1. The number of ketones is 1. The van der Waals surface area contributed by atoms with Crippen LogP contribution in [0.2, 0.25) is 0 Å². The number of Topliss-reactive ketones (excluding diaryl/α,β-unsaturated/α-hetero) is 1. The molecule has 0 bridgehead atoms. The lowest BCUT2D eigenvalue weighted by atomic mass is 9.86. The van der Waals surface area contributed by atoms with E-state index in [0.717, 1.165) is 25.9 Å². The van der Waals surface area contributed by atoms with E-state index in [1.54, 1.807) is 0 Å². The molecule has 0 N–H and O–H groups in total. The van der Waals surface area contributed by atoms with Crippen molar-refractivity contribution in [2.75, 3.05) is 26.3 Å². The Kier molecular flexibility index (Phi) is 4.29. The van der Waals surface area contributed by atoms with Crippen LogP contribution in [0.1, 0.15) is 32.1 Å². The average molecular weight is 241 g/mol. The van der Waals surface area contributed by atoms with E-state index < -0.39 is 0 Å². The van der Waals surface area contributed by atoms with Gasteiger partial charge in [0, 0.05) is 19.0 Å². The molecule has 2 fully saturated rings. The van der Waals surface area contributed by atoms with Crippen LogP contribution in [0.5, 0.6) is 0 Å². The van der Waals surface area contributed by atoms with E-state index in [1.165, 1.54) is 19.3 Å². The average Bonchev–Trinajstić information content (AvgIpc) is 2.39. The third-order valence-electron chi connectivity index (χ3n) is 3.49. The van der Waals surface area contributed by atoms with Gasteiger partial charge in [0.05, 0.1) is 13.2 Å². The van der Waals surface area contributed by atoms with Gasteiger partial charge < -0.3 is 9.64 Å². The van der Waals surface area contributed by atoms with Gasteiger partial charge in [0.15, 0.2) is 5.78 Å². The lowest BCUT2D eigenvalue weighted by Gasteiger charge is -2.30. The fraction of sp³-hybridized carbons (Fsp3) is 0.833. The maximum Gasteiger partial charge on any atom is 0.193 e. The standard InChI is InChI=1S/C12H19NO2S/c14-11(10-4-2-1-3-5-10)12(16)13-6-8-15-9-7-13/h10H,1-9H2. The molecule has 4 heteroatoms. The molecule has 3 nitrogen and oxygen atoms in total. The summed E-state index contributed by atoms with van der Waals surface area (Å²) in [5, 5.41) is 0. The zero-order valence-corrected chi connectivity index (χ0v) is 10.4. The number of carbonyl (C=O) groups excluding carboxylic acids is 1. The predicted octanol–water partition coefficient (Wildman–Crippen LogP) is 1.80. The summed E-state index contributed by atoms with van der Waals surface area (Å²) < 4.78 is 5.26. The summed E-state index contributed by atoms with van der Waals surface area (Å²) >= 11 is 5.30. The van der Waals surface area contributed by atoms with Gasteiger partial charge in [0.25, 0.3) is 0 Å². The van der Waals surface area contributed by atoms with Crippen LogP contribution in [0.3, 0.4) is 0 Å². The highest BCUT2D eigenvalue weighted by Crippen LogP contribution is 2.25. The van der Waals surface area contributed by atoms with Crippen molar-refractivity contribution >= 4 is 23.0 Å². The summed E-state index contributed by atoms with van der Waals surface area (Å²) in [6, 6.07) is 0. The summed E-state index contributed by atoms with van der Waals surface area (Å²) in [6.07, 6.45) is 5.70. The van der Waals surface area contributed by atoms with Crippen LogP contribution in [0.15, 0.2) is 0 Å². The molecule has 0 atom stereocenters. The molecule has 1 saturated carbocycles. The van der Waals surface area contributed by atoms with Crippen molar-refractivity contribution in [1.29, 1.82) is 0 Å². The molecule has 1 aliphatic heterocycles. The third kappa shape index (κ3) is 2.80. The van der Waals surface area contributed by atoms with Gasteiger partial charge in [-0.2, -0.15) is 0 Å². The molecule has 16 heavy (non-hydrogen) atoms. The Labute approximate surface area is 102 Å². The Balaban J connectivity index is 1.89. The maximum atomic E-state index is 12.2. The Morgan fingerprint density at radius 3 is 2.38 bits per heavy atom. The SMILES string of the molecule is O=C(C(=S)N1CCOCC1)C1CCCCC1. The van der Waals surface area contributed by atoms with E-state index >= 15 is 0 Å². The molecule has 1 heterocycles. The van der Waals surface area contributed by atoms with Gasteiger partial charge in [-0.3, -0.25) is 4.79 Å². The quantitative estimate of drug-likeness (QED) is 0.689. The fourth-order valence-electron chi connectivity index (χ4n) is 2.46. The summed E-state index contributed by atoms with van der Waals surface area (Å²) in [4.78, 5) is 14.7. The summed E-state index contributed by atoms with van der Waals surface area (Å²) in [7, 11) is 0. The van der Waals surface area contributed by atoms with Crippen LogP contribution in [0, 0.1) is 5.92 Å². The lowest BCUT2D eigenvalue weighted by molar-refractivity contribution is -0.118. The van der Waals surface area contributed by atoms with Crippen molar-refractivity contribution in [3.8, 4) is 0 Å². The number of hydrogen-bond donors (Lipinski definition) is 0. The highest BCUT2D eigenvalue weighted by molar-refractivity contribution is 7.82. The largest absolute Gasteiger partial charge is 0.378 e. The first-order chi connectivity index (χ1) is 7.79. The molecule has 0 spiro atoms. The minimum atomic E-state index is 0.198. The van der Waals surface area contributed by atoms with Crippen molar-refractivity contribution < 1.29 is 9.53 Å². The van der Waals surface area contributed by atoms with Gasteiger partial charge >= 0.3 is 0 Å². The summed E-state index contributed by atoms with van der Waals surface area (Å²) in [5.74, 6) is 0.403. The number of hydrogen-bond acceptors (Lipinski definition) is 3. The molecule has 2 aliphatic rings. The van der Waals surface area contributed by atoms with Gasteiger partial charge in [-0.25, -0.2) is 0 Å². The van der Waals surface area contributed by atoms with E-state index in [-0.39, 0.29) is 11.7 Å². The predicted molar refractivity (Wildman–Crippen MR) is 66.6 cm³/mol. The van der Waals surface area contributed by atoms with E-state index in [4.69, 9.17) is 17.0 Å². The highest BCUT2D eigenvalue weighted by Gasteiger charge is 2.27. The number of morpholine rings is 1. The molecule has 1 saturated heterocycles. The van der Waals surface area contributed by atoms with E-state index in [9.17, 15) is 4.79 Å². The molecule has 2 rings (SSSR count). The third-order valence-corrected chi connectivity index (χ3v) is 3.94. The van der Waals surface area contributed by atoms with Crippen LogP contribution < -0.4 is 0 Å². The molecule has 0 aromatic heterocycles. The first-order valence-electron chi connectivity index (χ1n) is 6.20. The van der Waals surface area contributed by atoms with E-state index in [2.05, 4.69) is 0 Å². The molecule has 0 aromatic carbocycles. The van der Waals surface area contributed by atoms with Gasteiger partial charge in [-0.05, 0) is 12.8 Å². The molecule has 0 aromatic rings. The lowest BCUT2D eigenvalue weighted by Crippen LogP contribution is -2.45. The van der Waals surface area contributed by atoms with Crippen molar-refractivity contribution in [3.63, 3.8) is 0 Å². The van der Waals surface area contributed by atoms with Crippen LogP contribution in [0.25, 0.3) is 0 Å². The van der Waals surface area contributed by atoms with Crippen LogP contribution in [-0.4, -0.2) is 42.0 Å². The van der Waals surface area contributed by atoms with Gasteiger partial charge in [0.1, 0.15) is 4.99 Å². The first-order valence-corrected chi connectivity index (χ1v) is 6.61. The highest BCUT2D eigenvalue weighted by atomic mass is 32.1. The second-order valence-corrected chi connectivity index (χ2v) is 4.99. The molecule has 0 amide bonds. The Morgan fingerprint density at radius 1 is 1.12 bits per heavy atom. The second-order valence-electron chi connectivity index (χ2n) is 4.60. The number of thiocarbonyl (C=S) groups is 1. The van der Waals surface area contributed by atoms with Crippen molar-refractivity contribution in [3.05, 3.63) is 0 Å². The molecular formula is C12H19NO2S. The Morgan fingerprint density at radius 2 is 1.75 bits per heavy atom. The minimum Gasteiger partial charge on any atom is -0.378 e. The van der Waals surface area contributed by atoms with Crippen LogP contribution in [0.4, 0.5) is 0 Å². The van der Waals surface area contributed by atoms with Gasteiger partial charge in [-0.15, -0.1) is 0 Å². The van der Waals surface area contributed by atoms with E-state index in [0.29, 0.717) is 18.2 Å². The zero-order valence-electron chi connectivity index (χ0n) is 9.61. The summed E-state index contributed by atoms with van der Waals surface area (Å²) in [5.41, 5.74) is 0.